The van der Waals surface area contributed by atoms with Gasteiger partial charge in [0.2, 0.25) is 0 Å². The Morgan fingerprint density at radius 1 is 1.33 bits per heavy atom. The molecule has 0 aliphatic heterocycles. The molecule has 1 rings (SSSR count). The van der Waals surface area contributed by atoms with Crippen LogP contribution in [0, 0.1) is 10.5 Å². The molecular weight excluding hydrogens is 322 g/mol. The van der Waals surface area contributed by atoms with Crippen LogP contribution in [0.3, 0.4) is 0 Å². The SMILES string of the molecule is Cc1nc(CCC(F)(F)F)nc(N)c1I. The predicted octanol–water partition coefficient (Wildman–Crippen LogP) is 2.47. The molecule has 0 fully saturated rings. The summed E-state index contributed by atoms with van der Waals surface area (Å²) in [6.07, 6.45) is -5.34. The van der Waals surface area contributed by atoms with Crippen molar-refractivity contribution in [2.75, 3.05) is 5.73 Å². The minimum atomic E-state index is -4.19. The minimum Gasteiger partial charge on any atom is -0.383 e. The van der Waals surface area contributed by atoms with Gasteiger partial charge < -0.3 is 5.73 Å². The van der Waals surface area contributed by atoms with Gasteiger partial charge in [0, 0.05) is 6.42 Å². The average molecular weight is 331 g/mol. The first-order valence-corrected chi connectivity index (χ1v) is 5.22. The first kappa shape index (κ1) is 12.5. The van der Waals surface area contributed by atoms with Crippen molar-refractivity contribution in [1.29, 1.82) is 0 Å². The number of nitrogens with zero attached hydrogens (tertiary/aromatic N) is 2. The van der Waals surface area contributed by atoms with Crippen LogP contribution in [0.15, 0.2) is 0 Å². The summed E-state index contributed by atoms with van der Waals surface area (Å²) in [6.45, 7) is 1.69. The van der Waals surface area contributed by atoms with E-state index in [4.69, 9.17) is 5.73 Å². The molecule has 0 saturated heterocycles. The molecule has 0 aromatic carbocycles. The number of hydrogen-bond donors (Lipinski definition) is 1. The molecule has 1 heterocycles. The molecule has 7 heteroatoms. The van der Waals surface area contributed by atoms with Gasteiger partial charge in [-0.3, -0.25) is 0 Å². The van der Waals surface area contributed by atoms with Crippen molar-refractivity contribution < 1.29 is 13.2 Å². The number of aryl methyl sites for hydroxylation is 2. The van der Waals surface area contributed by atoms with Crippen molar-refractivity contribution in [3.05, 3.63) is 15.1 Å². The maximum atomic E-state index is 11.9. The van der Waals surface area contributed by atoms with Gasteiger partial charge in [-0.25, -0.2) is 9.97 Å². The fraction of sp³-hybridized carbons (Fsp3) is 0.500. The molecule has 2 N–H and O–H groups in total. The Kier molecular flexibility index (Phi) is 3.74. The van der Waals surface area contributed by atoms with Crippen LogP contribution in [0.4, 0.5) is 19.0 Å². The lowest BCUT2D eigenvalue weighted by Crippen LogP contribution is -2.12. The fourth-order valence-electron chi connectivity index (χ4n) is 1.01. The van der Waals surface area contributed by atoms with Crippen molar-refractivity contribution in [2.24, 2.45) is 0 Å². The zero-order chi connectivity index (χ0) is 11.6. The average Bonchev–Trinajstić information content (AvgIpc) is 2.09. The lowest BCUT2D eigenvalue weighted by Gasteiger charge is -2.07. The lowest BCUT2D eigenvalue weighted by atomic mass is 10.3. The molecular formula is C8H9F3IN3. The Hall–Kier alpha value is -0.600. The number of nitrogens with two attached hydrogens (primary N) is 1. The molecule has 15 heavy (non-hydrogen) atoms. The van der Waals surface area contributed by atoms with E-state index in [1.807, 2.05) is 22.6 Å². The van der Waals surface area contributed by atoms with Crippen LogP contribution < -0.4 is 5.73 Å². The maximum Gasteiger partial charge on any atom is 0.389 e. The summed E-state index contributed by atoms with van der Waals surface area (Å²) in [4.78, 5) is 7.73. The first-order chi connectivity index (χ1) is 6.79. The Bertz CT molecular complexity index is 342. The van der Waals surface area contributed by atoms with Crippen LogP contribution in [0.5, 0.6) is 0 Å². The van der Waals surface area contributed by atoms with Crippen LogP contribution in [0.25, 0.3) is 0 Å². The normalized spacial score (nSPS) is 11.8. The molecule has 1 aromatic rings. The third kappa shape index (κ3) is 3.80. The van der Waals surface area contributed by atoms with E-state index < -0.39 is 12.6 Å². The highest BCUT2D eigenvalue weighted by atomic mass is 127. The van der Waals surface area contributed by atoms with Crippen LogP contribution in [0.2, 0.25) is 0 Å². The van der Waals surface area contributed by atoms with E-state index in [1.54, 1.807) is 6.92 Å². The van der Waals surface area contributed by atoms with Gasteiger partial charge >= 0.3 is 6.18 Å². The van der Waals surface area contributed by atoms with E-state index in [2.05, 4.69) is 9.97 Å². The summed E-state index contributed by atoms with van der Waals surface area (Å²) in [6, 6.07) is 0. The van der Waals surface area contributed by atoms with E-state index in [9.17, 15) is 13.2 Å². The molecule has 84 valence electrons. The fourth-order valence-corrected chi connectivity index (χ4v) is 1.25. The highest BCUT2D eigenvalue weighted by Gasteiger charge is 2.27. The van der Waals surface area contributed by atoms with Gasteiger partial charge in [0.1, 0.15) is 11.6 Å². The van der Waals surface area contributed by atoms with Crippen LogP contribution in [-0.2, 0) is 6.42 Å². The molecule has 0 atom stereocenters. The molecule has 0 saturated carbocycles. The number of halogens is 4. The molecule has 0 amide bonds. The zero-order valence-corrected chi connectivity index (χ0v) is 10.1. The van der Waals surface area contributed by atoms with E-state index >= 15 is 0 Å². The molecule has 0 bridgehead atoms. The zero-order valence-electron chi connectivity index (χ0n) is 7.90. The van der Waals surface area contributed by atoms with Crippen molar-refractivity contribution in [3.63, 3.8) is 0 Å². The van der Waals surface area contributed by atoms with Crippen molar-refractivity contribution >= 4 is 28.4 Å². The minimum absolute atomic E-state index is 0.141. The highest BCUT2D eigenvalue weighted by Crippen LogP contribution is 2.22. The van der Waals surface area contributed by atoms with Crippen molar-refractivity contribution in [3.8, 4) is 0 Å². The quantitative estimate of drug-likeness (QED) is 0.847. The van der Waals surface area contributed by atoms with Gasteiger partial charge in [0.15, 0.2) is 0 Å². The van der Waals surface area contributed by atoms with Crippen LogP contribution in [0.1, 0.15) is 17.9 Å². The summed E-state index contributed by atoms with van der Waals surface area (Å²) >= 11 is 1.96. The molecule has 0 unspecified atom stereocenters. The number of anilines is 1. The van der Waals surface area contributed by atoms with Gasteiger partial charge in [0.25, 0.3) is 0 Å². The number of nitrogen functional groups attached to an aromatic ring is 1. The van der Waals surface area contributed by atoms with Crippen molar-refractivity contribution in [2.45, 2.75) is 25.9 Å². The number of aromatic nitrogens is 2. The molecule has 3 nitrogen and oxygen atoms in total. The standard InChI is InChI=1S/C8H9F3IN3/c1-4-6(12)7(13)15-5(14-4)2-3-8(9,10)11/h2-3H2,1H3,(H2,13,14,15). The topological polar surface area (TPSA) is 51.8 Å². The smallest absolute Gasteiger partial charge is 0.383 e. The van der Waals surface area contributed by atoms with Gasteiger partial charge in [-0.2, -0.15) is 13.2 Å². The highest BCUT2D eigenvalue weighted by molar-refractivity contribution is 14.1. The van der Waals surface area contributed by atoms with Crippen LogP contribution >= 0.6 is 22.6 Å². The summed E-state index contributed by atoms with van der Waals surface area (Å²) in [7, 11) is 0. The first-order valence-electron chi connectivity index (χ1n) is 4.15. The number of hydrogen-bond acceptors (Lipinski definition) is 3. The molecule has 0 aliphatic carbocycles. The second-order valence-corrected chi connectivity index (χ2v) is 4.12. The second-order valence-electron chi connectivity index (χ2n) is 3.04. The number of alkyl halides is 3. The van der Waals surface area contributed by atoms with Gasteiger partial charge in [-0.15, -0.1) is 0 Å². The molecule has 1 aromatic heterocycles. The van der Waals surface area contributed by atoms with E-state index in [1.165, 1.54) is 0 Å². The molecule has 0 spiro atoms. The van der Waals surface area contributed by atoms with Gasteiger partial charge in [-0.05, 0) is 29.5 Å². The monoisotopic (exact) mass is 331 g/mol. The third-order valence-electron chi connectivity index (χ3n) is 1.72. The van der Waals surface area contributed by atoms with E-state index in [0.29, 0.717) is 9.26 Å². The Labute approximate surface area is 98.4 Å². The summed E-state index contributed by atoms with van der Waals surface area (Å²) in [5.41, 5.74) is 6.13. The van der Waals surface area contributed by atoms with Crippen molar-refractivity contribution in [1.82, 2.24) is 9.97 Å². The van der Waals surface area contributed by atoms with Gasteiger partial charge in [0.05, 0.1) is 15.7 Å². The summed E-state index contributed by atoms with van der Waals surface area (Å²) < 4.78 is 36.5. The Morgan fingerprint density at radius 2 is 1.93 bits per heavy atom. The number of rotatable bonds is 2. The van der Waals surface area contributed by atoms with Crippen LogP contribution in [-0.4, -0.2) is 16.1 Å². The Morgan fingerprint density at radius 3 is 2.40 bits per heavy atom. The van der Waals surface area contributed by atoms with E-state index in [-0.39, 0.29) is 18.1 Å². The molecule has 0 radical (unpaired) electrons. The molecule has 0 aliphatic rings. The Balaban J connectivity index is 2.80. The lowest BCUT2D eigenvalue weighted by molar-refractivity contribution is -0.134. The predicted molar refractivity (Wildman–Crippen MR) is 58.3 cm³/mol. The van der Waals surface area contributed by atoms with Gasteiger partial charge in [-0.1, -0.05) is 0 Å². The summed E-state index contributed by atoms with van der Waals surface area (Å²) in [5, 5.41) is 0. The largest absolute Gasteiger partial charge is 0.389 e. The third-order valence-corrected chi connectivity index (χ3v) is 3.05. The summed E-state index contributed by atoms with van der Waals surface area (Å²) in [5.74, 6) is 0.378. The second kappa shape index (κ2) is 4.50. The van der Waals surface area contributed by atoms with E-state index in [0.717, 1.165) is 0 Å². The maximum absolute atomic E-state index is 11.9.